The first-order chi connectivity index (χ1) is 15.7. The minimum absolute atomic E-state index is 0.130. The van der Waals surface area contributed by atoms with E-state index in [2.05, 4.69) is 29.3 Å². The Balaban J connectivity index is 1.44. The van der Waals surface area contributed by atoms with Crippen molar-refractivity contribution in [3.63, 3.8) is 0 Å². The number of nitrogens with zero attached hydrogens (tertiary/aromatic N) is 4. The SMILES string of the molecule is N=C(NC(=O)c1nc(Cl)c(N)nc1N)NC(=O)C1Cc2cc(-c3cnsn3)c(Cl)c(Cl)c2O1. The largest absolute Gasteiger partial charge is 0.478 e. The molecule has 0 saturated heterocycles. The zero-order valence-corrected chi connectivity index (χ0v) is 19.2. The number of amides is 2. The topological polar surface area (TPSA) is 195 Å². The second kappa shape index (κ2) is 8.94. The van der Waals surface area contributed by atoms with E-state index in [4.69, 9.17) is 56.4 Å². The van der Waals surface area contributed by atoms with Gasteiger partial charge in [0.15, 0.2) is 28.6 Å². The monoisotopic (exact) mass is 527 g/mol. The Kier molecular flexibility index (Phi) is 6.21. The van der Waals surface area contributed by atoms with Crippen molar-refractivity contribution in [1.29, 1.82) is 5.41 Å². The van der Waals surface area contributed by atoms with Crippen molar-refractivity contribution in [3.05, 3.63) is 38.7 Å². The van der Waals surface area contributed by atoms with Gasteiger partial charge in [-0.15, -0.1) is 0 Å². The standard InChI is InChI=1S/C17H12Cl3N9O3S/c18-8-5(6-3-24-33-29-6)1-4-2-7(32-11(4)9(8)19)15(30)27-17(23)28-16(31)10-13(21)26-14(22)12(20)25-10/h1,3,7H,2H2,(H4,21,22,26)(H3,23,27,28,30,31). The highest BCUT2D eigenvalue weighted by atomic mass is 35.5. The maximum absolute atomic E-state index is 12.6. The Labute approximate surface area is 204 Å². The average molecular weight is 529 g/mol. The van der Waals surface area contributed by atoms with E-state index in [0.717, 1.165) is 11.7 Å². The molecule has 1 unspecified atom stereocenters. The zero-order valence-electron chi connectivity index (χ0n) is 16.1. The molecule has 1 atom stereocenters. The second-order valence-electron chi connectivity index (χ2n) is 6.60. The number of halogens is 3. The van der Waals surface area contributed by atoms with Gasteiger partial charge in [-0.25, -0.2) is 9.97 Å². The van der Waals surface area contributed by atoms with Gasteiger partial charge in [0, 0.05) is 17.5 Å². The van der Waals surface area contributed by atoms with Gasteiger partial charge in [0.2, 0.25) is 5.96 Å². The molecule has 2 amide bonds. The van der Waals surface area contributed by atoms with Crippen molar-refractivity contribution in [2.45, 2.75) is 12.5 Å². The number of carbonyl (C=O) groups is 2. The Morgan fingerprint density at radius 2 is 1.91 bits per heavy atom. The lowest BCUT2D eigenvalue weighted by Gasteiger charge is -2.13. The summed E-state index contributed by atoms with van der Waals surface area (Å²) in [7, 11) is 0. The number of ether oxygens (including phenoxy) is 1. The van der Waals surface area contributed by atoms with E-state index in [1.54, 1.807) is 12.3 Å². The third-order valence-electron chi connectivity index (χ3n) is 4.44. The number of fused-ring (bicyclic) bond motifs is 1. The van der Waals surface area contributed by atoms with Crippen LogP contribution in [0.2, 0.25) is 15.2 Å². The molecular weight excluding hydrogens is 517 g/mol. The summed E-state index contributed by atoms with van der Waals surface area (Å²) in [5.74, 6) is -2.45. The van der Waals surface area contributed by atoms with Crippen molar-refractivity contribution in [2.75, 3.05) is 11.5 Å². The lowest BCUT2D eigenvalue weighted by molar-refractivity contribution is -0.125. The molecule has 1 aromatic carbocycles. The minimum atomic E-state index is -1.02. The summed E-state index contributed by atoms with van der Waals surface area (Å²) in [5, 5.41) is 12.3. The number of hydrogen-bond donors (Lipinski definition) is 5. The lowest BCUT2D eigenvalue weighted by atomic mass is 10.0. The predicted molar refractivity (Wildman–Crippen MR) is 123 cm³/mol. The molecule has 16 heteroatoms. The number of benzene rings is 1. The number of rotatable bonds is 3. The Hall–Kier alpha value is -3.26. The van der Waals surface area contributed by atoms with Crippen LogP contribution in [0, 0.1) is 5.41 Å². The quantitative estimate of drug-likeness (QED) is 0.249. The highest BCUT2D eigenvalue weighted by Gasteiger charge is 2.34. The maximum Gasteiger partial charge on any atom is 0.280 e. The van der Waals surface area contributed by atoms with Crippen molar-refractivity contribution in [1.82, 2.24) is 29.3 Å². The van der Waals surface area contributed by atoms with Crippen LogP contribution in [0.4, 0.5) is 11.6 Å². The number of carbonyl (C=O) groups excluding carboxylic acids is 2. The summed E-state index contributed by atoms with van der Waals surface area (Å²) in [4.78, 5) is 32.3. The van der Waals surface area contributed by atoms with Gasteiger partial charge in [0.1, 0.15) is 16.5 Å². The number of anilines is 2. The number of nitrogens with two attached hydrogens (primary N) is 2. The van der Waals surface area contributed by atoms with Gasteiger partial charge < -0.3 is 16.2 Å². The van der Waals surface area contributed by atoms with Gasteiger partial charge in [-0.2, -0.15) is 8.75 Å². The van der Waals surface area contributed by atoms with E-state index in [0.29, 0.717) is 16.8 Å². The van der Waals surface area contributed by atoms with E-state index < -0.39 is 23.9 Å². The molecular formula is C17H12Cl3N9O3S. The molecule has 1 aliphatic rings. The van der Waals surface area contributed by atoms with Gasteiger partial charge in [-0.1, -0.05) is 34.8 Å². The van der Waals surface area contributed by atoms with Crippen LogP contribution >= 0.6 is 46.5 Å². The van der Waals surface area contributed by atoms with Crippen LogP contribution in [-0.2, 0) is 11.2 Å². The smallest absolute Gasteiger partial charge is 0.280 e. The van der Waals surface area contributed by atoms with Crippen LogP contribution in [0.1, 0.15) is 16.1 Å². The normalized spacial score (nSPS) is 14.3. The summed E-state index contributed by atoms with van der Waals surface area (Å²) in [6.45, 7) is 0. The Morgan fingerprint density at radius 1 is 1.15 bits per heavy atom. The van der Waals surface area contributed by atoms with Crippen LogP contribution in [0.25, 0.3) is 11.3 Å². The van der Waals surface area contributed by atoms with E-state index in [1.807, 2.05) is 0 Å². The van der Waals surface area contributed by atoms with Gasteiger partial charge >= 0.3 is 0 Å². The fraction of sp³-hybridized carbons (Fsp3) is 0.118. The molecule has 170 valence electrons. The van der Waals surface area contributed by atoms with E-state index in [9.17, 15) is 9.59 Å². The number of nitrogen functional groups attached to an aromatic ring is 2. The molecule has 3 aromatic rings. The molecule has 33 heavy (non-hydrogen) atoms. The van der Waals surface area contributed by atoms with Gasteiger partial charge in [-0.05, 0) is 6.07 Å². The summed E-state index contributed by atoms with van der Waals surface area (Å²) >= 11 is 19.4. The molecule has 2 aromatic heterocycles. The molecule has 4 rings (SSSR count). The van der Waals surface area contributed by atoms with Crippen LogP contribution in [0.5, 0.6) is 5.75 Å². The average Bonchev–Trinajstić information content (AvgIpc) is 3.43. The Morgan fingerprint density at radius 3 is 2.61 bits per heavy atom. The summed E-state index contributed by atoms with van der Waals surface area (Å²) in [6, 6.07) is 1.72. The van der Waals surface area contributed by atoms with Crippen molar-refractivity contribution >= 4 is 75.9 Å². The van der Waals surface area contributed by atoms with Gasteiger partial charge in [0.05, 0.1) is 22.9 Å². The number of guanidine groups is 1. The predicted octanol–water partition coefficient (Wildman–Crippen LogP) is 1.90. The molecule has 0 aliphatic carbocycles. The third-order valence-corrected chi connectivity index (χ3v) is 6.05. The highest BCUT2D eigenvalue weighted by Crippen LogP contribution is 2.45. The lowest BCUT2D eigenvalue weighted by Crippen LogP contribution is -2.48. The number of nitrogens with one attached hydrogen (secondary N) is 3. The van der Waals surface area contributed by atoms with E-state index >= 15 is 0 Å². The first-order valence-electron chi connectivity index (χ1n) is 8.90. The van der Waals surface area contributed by atoms with Crippen molar-refractivity contribution < 1.29 is 14.3 Å². The first-order valence-corrected chi connectivity index (χ1v) is 10.8. The molecule has 0 radical (unpaired) electrons. The third kappa shape index (κ3) is 4.48. The van der Waals surface area contributed by atoms with Gasteiger partial charge in [0.25, 0.3) is 11.8 Å². The van der Waals surface area contributed by atoms with Crippen molar-refractivity contribution in [2.24, 2.45) is 0 Å². The first kappa shape index (κ1) is 22.9. The van der Waals surface area contributed by atoms with Crippen LogP contribution < -0.4 is 26.8 Å². The van der Waals surface area contributed by atoms with Crippen LogP contribution in [0.15, 0.2) is 12.3 Å². The number of hydrogen-bond acceptors (Lipinski definition) is 11. The number of aromatic nitrogens is 4. The molecule has 0 fully saturated rings. The van der Waals surface area contributed by atoms with Crippen LogP contribution in [-0.4, -0.2) is 42.6 Å². The second-order valence-corrected chi connectivity index (χ2v) is 8.27. The summed E-state index contributed by atoms with van der Waals surface area (Å²) in [5.41, 5.74) is 12.4. The molecule has 7 N–H and O–H groups in total. The molecule has 0 spiro atoms. The maximum atomic E-state index is 12.6. The summed E-state index contributed by atoms with van der Waals surface area (Å²) < 4.78 is 13.7. The molecule has 0 bridgehead atoms. The van der Waals surface area contributed by atoms with Gasteiger partial charge in [-0.3, -0.25) is 25.6 Å². The van der Waals surface area contributed by atoms with Crippen LogP contribution in [0.3, 0.4) is 0 Å². The molecule has 0 saturated carbocycles. The van der Waals surface area contributed by atoms with E-state index in [1.165, 1.54) is 0 Å². The molecule has 1 aliphatic heterocycles. The Bertz CT molecular complexity index is 1300. The highest BCUT2D eigenvalue weighted by molar-refractivity contribution is 6.99. The fourth-order valence-corrected chi connectivity index (χ4v) is 4.02. The van der Waals surface area contributed by atoms with E-state index in [-0.39, 0.29) is 44.7 Å². The van der Waals surface area contributed by atoms with Crippen molar-refractivity contribution in [3.8, 4) is 17.0 Å². The minimum Gasteiger partial charge on any atom is -0.478 e. The molecule has 12 nitrogen and oxygen atoms in total. The summed E-state index contributed by atoms with van der Waals surface area (Å²) in [6.07, 6.45) is 0.672. The zero-order chi connectivity index (χ0) is 23.9. The molecule has 3 heterocycles. The fourth-order valence-electron chi connectivity index (χ4n) is 2.96.